The van der Waals surface area contributed by atoms with E-state index in [1.165, 1.54) is 6.08 Å². The van der Waals surface area contributed by atoms with Crippen LogP contribution in [-0.4, -0.2) is 4.98 Å². The Morgan fingerprint density at radius 3 is 2.94 bits per heavy atom. The van der Waals surface area contributed by atoms with Crippen LogP contribution < -0.4 is 0 Å². The van der Waals surface area contributed by atoms with E-state index in [2.05, 4.69) is 20.9 Å². The first-order valence-electron chi connectivity index (χ1n) is 4.85. The van der Waals surface area contributed by atoms with Crippen molar-refractivity contribution in [1.29, 1.82) is 5.26 Å². The second-order valence-electron chi connectivity index (χ2n) is 3.30. The van der Waals surface area contributed by atoms with Crippen molar-refractivity contribution in [2.45, 2.75) is 5.33 Å². The Hall–Kier alpha value is -1.66. The standard InChI is InChI=1S/C13H9BrN2/c14-8-13-12(6-3-7-15)11-5-2-1-4-10(11)9-16-13/h1-6,9H,8H2. The number of hydrogen-bond donors (Lipinski definition) is 0. The lowest BCUT2D eigenvalue weighted by Crippen LogP contribution is -1.91. The lowest BCUT2D eigenvalue weighted by Gasteiger charge is -2.06. The zero-order chi connectivity index (χ0) is 11.4. The van der Waals surface area contributed by atoms with E-state index in [4.69, 9.17) is 5.26 Å². The van der Waals surface area contributed by atoms with Crippen LogP contribution >= 0.6 is 15.9 Å². The maximum atomic E-state index is 8.59. The molecule has 1 aromatic carbocycles. The number of pyridine rings is 1. The fourth-order valence-corrected chi connectivity index (χ4v) is 2.09. The van der Waals surface area contributed by atoms with Crippen molar-refractivity contribution in [1.82, 2.24) is 4.98 Å². The van der Waals surface area contributed by atoms with E-state index in [0.717, 1.165) is 22.0 Å². The molecule has 0 fully saturated rings. The van der Waals surface area contributed by atoms with Gasteiger partial charge in [0.1, 0.15) is 0 Å². The van der Waals surface area contributed by atoms with Gasteiger partial charge in [-0.25, -0.2) is 0 Å². The predicted octanol–water partition coefficient (Wildman–Crippen LogP) is 3.67. The molecule has 0 saturated heterocycles. The smallest absolute Gasteiger partial charge is 0.0912 e. The Morgan fingerprint density at radius 1 is 1.38 bits per heavy atom. The first kappa shape index (κ1) is 10.8. The number of halogens is 1. The van der Waals surface area contributed by atoms with Gasteiger partial charge in [0.05, 0.1) is 11.8 Å². The molecular weight excluding hydrogens is 264 g/mol. The number of nitriles is 1. The average molecular weight is 273 g/mol. The summed E-state index contributed by atoms with van der Waals surface area (Å²) in [7, 11) is 0. The van der Waals surface area contributed by atoms with Gasteiger partial charge in [-0.15, -0.1) is 0 Å². The zero-order valence-corrected chi connectivity index (χ0v) is 10.1. The third-order valence-corrected chi connectivity index (χ3v) is 2.90. The molecule has 16 heavy (non-hydrogen) atoms. The van der Waals surface area contributed by atoms with Crippen LogP contribution in [0.15, 0.2) is 36.5 Å². The highest BCUT2D eigenvalue weighted by Crippen LogP contribution is 2.23. The topological polar surface area (TPSA) is 36.7 Å². The molecular formula is C13H9BrN2. The van der Waals surface area contributed by atoms with Crippen LogP contribution in [0.25, 0.3) is 16.8 Å². The molecule has 2 rings (SSSR count). The maximum absolute atomic E-state index is 8.59. The predicted molar refractivity (Wildman–Crippen MR) is 69.0 cm³/mol. The molecule has 0 bridgehead atoms. The van der Waals surface area contributed by atoms with E-state index in [-0.39, 0.29) is 0 Å². The first-order chi connectivity index (χ1) is 7.86. The highest BCUT2D eigenvalue weighted by atomic mass is 79.9. The number of alkyl halides is 1. The average Bonchev–Trinajstić information content (AvgIpc) is 2.35. The van der Waals surface area contributed by atoms with Gasteiger partial charge in [0.2, 0.25) is 0 Å². The molecule has 1 heterocycles. The molecule has 0 aliphatic heterocycles. The number of rotatable bonds is 2. The van der Waals surface area contributed by atoms with Crippen molar-refractivity contribution in [3.63, 3.8) is 0 Å². The summed E-state index contributed by atoms with van der Waals surface area (Å²) < 4.78 is 0. The summed E-state index contributed by atoms with van der Waals surface area (Å²) in [5.74, 6) is 0. The van der Waals surface area contributed by atoms with Gasteiger partial charge in [0, 0.05) is 28.6 Å². The Labute approximate surface area is 102 Å². The summed E-state index contributed by atoms with van der Waals surface area (Å²) in [6.07, 6.45) is 5.15. The molecule has 0 saturated carbocycles. The normalized spacial score (nSPS) is 10.8. The number of allylic oxidation sites excluding steroid dienone is 1. The van der Waals surface area contributed by atoms with Gasteiger partial charge in [-0.1, -0.05) is 40.2 Å². The molecule has 0 spiro atoms. The molecule has 3 heteroatoms. The van der Waals surface area contributed by atoms with Crippen LogP contribution in [0.2, 0.25) is 0 Å². The molecule has 0 aliphatic rings. The Balaban J connectivity index is 2.74. The van der Waals surface area contributed by atoms with Crippen LogP contribution in [0.1, 0.15) is 11.3 Å². The number of fused-ring (bicyclic) bond motifs is 1. The molecule has 0 unspecified atom stereocenters. The van der Waals surface area contributed by atoms with Crippen molar-refractivity contribution in [3.05, 3.63) is 47.8 Å². The summed E-state index contributed by atoms with van der Waals surface area (Å²) in [5.41, 5.74) is 1.96. The number of benzene rings is 1. The van der Waals surface area contributed by atoms with Crippen LogP contribution in [0.3, 0.4) is 0 Å². The van der Waals surface area contributed by atoms with Crippen LogP contribution in [0.5, 0.6) is 0 Å². The molecule has 0 N–H and O–H groups in total. The fourth-order valence-electron chi connectivity index (χ4n) is 1.64. The van der Waals surface area contributed by atoms with Crippen molar-refractivity contribution < 1.29 is 0 Å². The first-order valence-corrected chi connectivity index (χ1v) is 5.97. The minimum Gasteiger partial charge on any atom is -0.259 e. The minimum atomic E-state index is 0.683. The fraction of sp³-hybridized carbons (Fsp3) is 0.0769. The summed E-state index contributed by atoms with van der Waals surface area (Å²) in [6.45, 7) is 0. The lowest BCUT2D eigenvalue weighted by molar-refractivity contribution is 1.20. The third-order valence-electron chi connectivity index (χ3n) is 2.37. The van der Waals surface area contributed by atoms with Gasteiger partial charge in [-0.2, -0.15) is 5.26 Å². The Kier molecular flexibility index (Phi) is 3.33. The molecule has 78 valence electrons. The summed E-state index contributed by atoms with van der Waals surface area (Å²) in [4.78, 5) is 4.37. The molecule has 0 aliphatic carbocycles. The molecule has 2 nitrogen and oxygen atoms in total. The van der Waals surface area contributed by atoms with E-state index in [1.807, 2.05) is 42.6 Å². The number of nitrogens with zero attached hydrogens (tertiary/aromatic N) is 2. The van der Waals surface area contributed by atoms with Gasteiger partial charge in [0.15, 0.2) is 0 Å². The highest BCUT2D eigenvalue weighted by Gasteiger charge is 2.04. The van der Waals surface area contributed by atoms with E-state index in [1.54, 1.807) is 0 Å². The molecule has 0 amide bonds. The third kappa shape index (κ3) is 1.98. The van der Waals surface area contributed by atoms with E-state index in [9.17, 15) is 0 Å². The molecule has 0 radical (unpaired) electrons. The van der Waals surface area contributed by atoms with E-state index < -0.39 is 0 Å². The lowest BCUT2D eigenvalue weighted by atomic mass is 10.0. The van der Waals surface area contributed by atoms with Crippen LogP contribution in [0, 0.1) is 11.3 Å². The van der Waals surface area contributed by atoms with E-state index >= 15 is 0 Å². The molecule has 2 aromatic rings. The SMILES string of the molecule is N#CC=Cc1c(CBr)ncc2ccccc12. The number of hydrogen-bond acceptors (Lipinski definition) is 2. The Morgan fingerprint density at radius 2 is 2.19 bits per heavy atom. The summed E-state index contributed by atoms with van der Waals surface area (Å²) in [5, 5.41) is 11.5. The van der Waals surface area contributed by atoms with Gasteiger partial charge in [-0.05, 0) is 11.5 Å². The van der Waals surface area contributed by atoms with Gasteiger partial charge in [0.25, 0.3) is 0 Å². The van der Waals surface area contributed by atoms with Crippen LogP contribution in [0.4, 0.5) is 0 Å². The quantitative estimate of drug-likeness (QED) is 0.618. The van der Waals surface area contributed by atoms with Crippen molar-refractivity contribution in [3.8, 4) is 6.07 Å². The summed E-state index contributed by atoms with van der Waals surface area (Å²) >= 11 is 3.41. The molecule has 0 atom stereocenters. The van der Waals surface area contributed by atoms with Crippen molar-refractivity contribution in [2.75, 3.05) is 0 Å². The maximum Gasteiger partial charge on any atom is 0.0912 e. The van der Waals surface area contributed by atoms with Crippen molar-refractivity contribution in [2.24, 2.45) is 0 Å². The minimum absolute atomic E-state index is 0.683. The Bertz CT molecular complexity index is 582. The zero-order valence-electron chi connectivity index (χ0n) is 8.52. The van der Waals surface area contributed by atoms with Crippen LogP contribution in [-0.2, 0) is 5.33 Å². The monoisotopic (exact) mass is 272 g/mol. The second kappa shape index (κ2) is 4.91. The highest BCUT2D eigenvalue weighted by molar-refractivity contribution is 9.08. The van der Waals surface area contributed by atoms with Gasteiger partial charge >= 0.3 is 0 Å². The van der Waals surface area contributed by atoms with Crippen molar-refractivity contribution >= 4 is 32.8 Å². The second-order valence-corrected chi connectivity index (χ2v) is 3.86. The molecule has 1 aromatic heterocycles. The van der Waals surface area contributed by atoms with Gasteiger partial charge < -0.3 is 0 Å². The van der Waals surface area contributed by atoms with Gasteiger partial charge in [-0.3, -0.25) is 4.98 Å². The van der Waals surface area contributed by atoms with E-state index in [0.29, 0.717) is 5.33 Å². The number of aromatic nitrogens is 1. The summed E-state index contributed by atoms with van der Waals surface area (Å²) in [6, 6.07) is 10.0. The largest absolute Gasteiger partial charge is 0.259 e.